The van der Waals surface area contributed by atoms with E-state index in [1.165, 1.54) is 11.6 Å². The van der Waals surface area contributed by atoms with Gasteiger partial charge >= 0.3 is 0 Å². The van der Waals surface area contributed by atoms with Crippen LogP contribution in [0.25, 0.3) is 0 Å². The minimum atomic E-state index is -0.307. The molecule has 0 aromatic heterocycles. The highest BCUT2D eigenvalue weighted by atomic mass is 35.5. The first-order valence-corrected chi connectivity index (χ1v) is 9.49. The topological polar surface area (TPSA) is 21.3 Å². The molecule has 140 valence electrons. The van der Waals surface area contributed by atoms with Crippen LogP contribution in [0, 0.1) is 5.82 Å². The fourth-order valence-electron chi connectivity index (χ4n) is 2.73. The minimum absolute atomic E-state index is 0.0895. The van der Waals surface area contributed by atoms with E-state index in [-0.39, 0.29) is 12.4 Å². The Morgan fingerprint density at radius 3 is 2.41 bits per heavy atom. The van der Waals surface area contributed by atoms with Gasteiger partial charge in [-0.3, -0.25) is 0 Å². The Labute approximate surface area is 168 Å². The predicted molar refractivity (Wildman–Crippen MR) is 110 cm³/mol. The third kappa shape index (κ3) is 5.15. The van der Waals surface area contributed by atoms with Crippen LogP contribution < -0.4 is 10.1 Å². The van der Waals surface area contributed by atoms with E-state index < -0.39 is 0 Å². The van der Waals surface area contributed by atoms with E-state index in [9.17, 15) is 4.39 Å². The first kappa shape index (κ1) is 19.5. The maximum Gasteiger partial charge on any atom is 0.143 e. The Hall–Kier alpha value is -2.23. The van der Waals surface area contributed by atoms with Crippen molar-refractivity contribution in [3.8, 4) is 5.75 Å². The molecule has 3 aromatic carbocycles. The van der Waals surface area contributed by atoms with Gasteiger partial charge in [0, 0.05) is 28.4 Å². The monoisotopic (exact) mass is 403 g/mol. The molecule has 0 amide bonds. The summed E-state index contributed by atoms with van der Waals surface area (Å²) in [7, 11) is 0. The summed E-state index contributed by atoms with van der Waals surface area (Å²) >= 11 is 12.5. The fourth-order valence-corrected chi connectivity index (χ4v) is 3.32. The SMILES string of the molecule is CCc1ccc(NCc2cc(Cl)cc(Cl)c2OCc2ccccc2F)cc1. The van der Waals surface area contributed by atoms with Crippen molar-refractivity contribution in [1.82, 2.24) is 0 Å². The van der Waals surface area contributed by atoms with Crippen molar-refractivity contribution in [2.75, 3.05) is 5.32 Å². The smallest absolute Gasteiger partial charge is 0.143 e. The summed E-state index contributed by atoms with van der Waals surface area (Å²) in [5.74, 6) is 0.195. The van der Waals surface area contributed by atoms with E-state index in [2.05, 4.69) is 24.4 Å². The van der Waals surface area contributed by atoms with Gasteiger partial charge in [-0.2, -0.15) is 0 Å². The van der Waals surface area contributed by atoms with E-state index in [1.807, 2.05) is 12.1 Å². The number of halogens is 3. The zero-order valence-electron chi connectivity index (χ0n) is 14.9. The molecule has 0 radical (unpaired) electrons. The van der Waals surface area contributed by atoms with Crippen molar-refractivity contribution in [2.24, 2.45) is 0 Å². The van der Waals surface area contributed by atoms with Crippen LogP contribution in [0.2, 0.25) is 10.0 Å². The average Bonchev–Trinajstić information content (AvgIpc) is 2.67. The standard InChI is InChI=1S/C22H20Cl2FNO/c1-2-15-7-9-19(10-8-15)26-13-17-11-18(23)12-20(24)22(17)27-14-16-5-3-4-6-21(16)25/h3-12,26H,2,13-14H2,1H3. The molecule has 5 heteroatoms. The normalized spacial score (nSPS) is 10.7. The van der Waals surface area contributed by atoms with Gasteiger partial charge in [-0.05, 0) is 42.3 Å². The molecule has 0 aliphatic heterocycles. The maximum atomic E-state index is 13.8. The summed E-state index contributed by atoms with van der Waals surface area (Å²) in [5.41, 5.74) is 3.55. The van der Waals surface area contributed by atoms with Crippen LogP contribution in [-0.4, -0.2) is 0 Å². The summed E-state index contributed by atoms with van der Waals surface area (Å²) in [6.45, 7) is 2.69. The van der Waals surface area contributed by atoms with Crippen LogP contribution in [0.1, 0.15) is 23.6 Å². The summed E-state index contributed by atoms with van der Waals surface area (Å²) < 4.78 is 19.7. The Balaban J connectivity index is 1.76. The number of anilines is 1. The number of rotatable bonds is 7. The molecule has 0 spiro atoms. The molecule has 0 saturated carbocycles. The molecule has 0 heterocycles. The summed E-state index contributed by atoms with van der Waals surface area (Å²) in [4.78, 5) is 0. The molecule has 0 atom stereocenters. The zero-order valence-corrected chi connectivity index (χ0v) is 16.4. The van der Waals surface area contributed by atoms with Crippen LogP contribution in [0.15, 0.2) is 60.7 Å². The van der Waals surface area contributed by atoms with Crippen molar-refractivity contribution in [2.45, 2.75) is 26.5 Å². The second-order valence-electron chi connectivity index (χ2n) is 6.16. The predicted octanol–water partition coefficient (Wildman–Crippen LogP) is 6.89. The molecule has 2 nitrogen and oxygen atoms in total. The third-order valence-corrected chi connectivity index (χ3v) is 4.76. The fraction of sp³-hybridized carbons (Fsp3) is 0.182. The molecular formula is C22H20Cl2FNO. The van der Waals surface area contributed by atoms with E-state index in [1.54, 1.807) is 30.3 Å². The minimum Gasteiger partial charge on any atom is -0.487 e. The lowest BCUT2D eigenvalue weighted by atomic mass is 10.1. The second kappa shape index (κ2) is 9.12. The van der Waals surface area contributed by atoms with E-state index in [4.69, 9.17) is 27.9 Å². The zero-order chi connectivity index (χ0) is 19.2. The Morgan fingerprint density at radius 1 is 0.963 bits per heavy atom. The first-order valence-electron chi connectivity index (χ1n) is 8.73. The van der Waals surface area contributed by atoms with Gasteiger partial charge in [0.1, 0.15) is 18.2 Å². The van der Waals surface area contributed by atoms with E-state index >= 15 is 0 Å². The van der Waals surface area contributed by atoms with Gasteiger partial charge in [0.25, 0.3) is 0 Å². The number of aryl methyl sites for hydroxylation is 1. The maximum absolute atomic E-state index is 13.8. The first-order chi connectivity index (χ1) is 13.1. The van der Waals surface area contributed by atoms with Gasteiger partial charge in [-0.25, -0.2) is 4.39 Å². The number of ether oxygens (including phenoxy) is 1. The molecule has 3 rings (SSSR count). The molecule has 0 fully saturated rings. The van der Waals surface area contributed by atoms with Crippen LogP contribution in [0.5, 0.6) is 5.75 Å². The van der Waals surface area contributed by atoms with Gasteiger partial charge in [0.2, 0.25) is 0 Å². The molecule has 0 saturated heterocycles. The van der Waals surface area contributed by atoms with Crippen LogP contribution in [-0.2, 0) is 19.6 Å². The highest BCUT2D eigenvalue weighted by Crippen LogP contribution is 2.33. The molecule has 3 aromatic rings. The van der Waals surface area contributed by atoms with E-state index in [0.29, 0.717) is 27.9 Å². The molecule has 0 unspecified atom stereocenters. The van der Waals surface area contributed by atoms with Gasteiger partial charge < -0.3 is 10.1 Å². The summed E-state index contributed by atoms with van der Waals surface area (Å²) in [5, 5.41) is 4.27. The lowest BCUT2D eigenvalue weighted by Crippen LogP contribution is -2.05. The van der Waals surface area contributed by atoms with Crippen molar-refractivity contribution in [3.63, 3.8) is 0 Å². The Bertz CT molecular complexity index is 913. The van der Waals surface area contributed by atoms with Crippen molar-refractivity contribution < 1.29 is 9.13 Å². The number of hydrogen-bond acceptors (Lipinski definition) is 2. The number of nitrogens with one attached hydrogen (secondary N) is 1. The quantitative estimate of drug-likeness (QED) is 0.463. The summed E-state index contributed by atoms with van der Waals surface area (Å²) in [6.07, 6.45) is 0.998. The molecule has 0 bridgehead atoms. The van der Waals surface area contributed by atoms with Crippen LogP contribution >= 0.6 is 23.2 Å². The van der Waals surface area contributed by atoms with Gasteiger partial charge in [0.15, 0.2) is 0 Å². The largest absolute Gasteiger partial charge is 0.487 e. The molecule has 1 N–H and O–H groups in total. The van der Waals surface area contributed by atoms with Gasteiger partial charge in [-0.15, -0.1) is 0 Å². The highest BCUT2D eigenvalue weighted by Gasteiger charge is 2.12. The van der Waals surface area contributed by atoms with Crippen LogP contribution in [0.3, 0.4) is 0 Å². The van der Waals surface area contributed by atoms with E-state index in [0.717, 1.165) is 17.7 Å². The van der Waals surface area contributed by atoms with Crippen molar-refractivity contribution in [3.05, 3.63) is 93.2 Å². The lowest BCUT2D eigenvalue weighted by molar-refractivity contribution is 0.297. The van der Waals surface area contributed by atoms with Gasteiger partial charge in [0.05, 0.1) is 5.02 Å². The summed E-state index contributed by atoms with van der Waals surface area (Å²) in [6, 6.07) is 18.2. The third-order valence-electron chi connectivity index (χ3n) is 4.26. The average molecular weight is 404 g/mol. The molecular weight excluding hydrogens is 384 g/mol. The van der Waals surface area contributed by atoms with Crippen molar-refractivity contribution >= 4 is 28.9 Å². The highest BCUT2D eigenvalue weighted by molar-refractivity contribution is 6.35. The van der Waals surface area contributed by atoms with Crippen molar-refractivity contribution in [1.29, 1.82) is 0 Å². The number of benzene rings is 3. The Kier molecular flexibility index (Phi) is 6.59. The van der Waals surface area contributed by atoms with Crippen LogP contribution in [0.4, 0.5) is 10.1 Å². The van der Waals surface area contributed by atoms with Gasteiger partial charge in [-0.1, -0.05) is 60.5 Å². The number of hydrogen-bond donors (Lipinski definition) is 1. The lowest BCUT2D eigenvalue weighted by Gasteiger charge is -2.15. The Morgan fingerprint density at radius 2 is 1.70 bits per heavy atom. The molecule has 0 aliphatic rings. The second-order valence-corrected chi connectivity index (χ2v) is 7.00. The molecule has 27 heavy (non-hydrogen) atoms. The molecule has 0 aliphatic carbocycles.